The van der Waals surface area contributed by atoms with Gasteiger partial charge in [-0.2, -0.15) is 0 Å². The van der Waals surface area contributed by atoms with Gasteiger partial charge in [-0.3, -0.25) is 14.5 Å². The molecule has 3 rings (SSSR count). The molecule has 306 valence electrons. The largest absolute Gasteiger partial charge is 0.458 e. The van der Waals surface area contributed by atoms with Gasteiger partial charge in [0.25, 0.3) is 11.1 Å². The van der Waals surface area contributed by atoms with E-state index in [-0.39, 0.29) is 37.4 Å². The fourth-order valence-electron chi connectivity index (χ4n) is 7.46. The Bertz CT molecular complexity index is 1490. The van der Waals surface area contributed by atoms with Crippen LogP contribution in [0, 0.1) is 5.92 Å². The standard InChI is InChI=1S/C45H65F2NO6S/c1-8-9-10-14-23-30-43(46,47)31-24-15-12-11-13-22-29-37(44(52,32-33-53-7)40(50)54-42(4,5)6)39(49)48-38(34(2)3)45(55-41(48)51,35-25-18-16-19-26-35)36-27-20-17-21-28-36/h16-21,25-29,34,38,52H,8-15,22-24,30-33H2,1-7H3/b37-29+/t38-,44-/m0/s1. The van der Waals surface area contributed by atoms with E-state index >= 15 is 4.79 Å². The maximum absolute atomic E-state index is 15.1. The van der Waals surface area contributed by atoms with E-state index in [1.165, 1.54) is 12.0 Å². The van der Waals surface area contributed by atoms with Crippen LogP contribution in [0.4, 0.5) is 13.6 Å². The van der Waals surface area contributed by atoms with Gasteiger partial charge < -0.3 is 14.6 Å². The monoisotopic (exact) mass is 785 g/mol. The second-order valence-electron chi connectivity index (χ2n) is 16.2. The number of carbonyl (C=O) groups is 3. The van der Waals surface area contributed by atoms with E-state index in [4.69, 9.17) is 9.47 Å². The SMILES string of the molecule is CCCCCCCC(F)(F)CCCCCCC/C=C(\C(=O)N1C(=O)SC(c2ccccc2)(c2ccccc2)[C@@H]1C(C)C)[C@@](O)(CCOC)C(=O)OC(C)(C)C. The molecule has 1 saturated heterocycles. The Hall–Kier alpha value is -3.08. The van der Waals surface area contributed by atoms with Crippen molar-refractivity contribution in [3.63, 3.8) is 0 Å². The maximum Gasteiger partial charge on any atom is 0.343 e. The zero-order valence-electron chi connectivity index (χ0n) is 34.2. The molecular weight excluding hydrogens is 721 g/mol. The number of carbonyl (C=O) groups excluding carboxylic acids is 3. The summed E-state index contributed by atoms with van der Waals surface area (Å²) in [6.45, 7) is 11.0. The third kappa shape index (κ3) is 12.7. The van der Waals surface area contributed by atoms with Crippen molar-refractivity contribution in [2.45, 2.75) is 159 Å². The Morgan fingerprint density at radius 2 is 1.36 bits per heavy atom. The van der Waals surface area contributed by atoms with E-state index < -0.39 is 45.0 Å². The number of nitrogens with zero attached hydrogens (tertiary/aromatic N) is 1. The molecule has 55 heavy (non-hydrogen) atoms. The number of halogens is 2. The van der Waals surface area contributed by atoms with E-state index in [1.807, 2.05) is 74.5 Å². The van der Waals surface area contributed by atoms with Crippen LogP contribution in [0.3, 0.4) is 0 Å². The lowest BCUT2D eigenvalue weighted by atomic mass is 9.78. The molecule has 0 spiro atoms. The number of allylic oxidation sites excluding steroid dienone is 1. The predicted molar refractivity (Wildman–Crippen MR) is 218 cm³/mol. The molecule has 0 unspecified atom stereocenters. The van der Waals surface area contributed by atoms with Crippen LogP contribution in [0.25, 0.3) is 0 Å². The van der Waals surface area contributed by atoms with Gasteiger partial charge in [-0.25, -0.2) is 13.6 Å². The molecule has 1 fully saturated rings. The summed E-state index contributed by atoms with van der Waals surface area (Å²) in [6.07, 6.45) is 9.14. The van der Waals surface area contributed by atoms with Crippen LogP contribution < -0.4 is 0 Å². The molecule has 0 aromatic heterocycles. The maximum atomic E-state index is 15.1. The van der Waals surface area contributed by atoms with Gasteiger partial charge in [0.15, 0.2) is 5.60 Å². The van der Waals surface area contributed by atoms with Gasteiger partial charge in [0, 0.05) is 33.0 Å². The first-order chi connectivity index (χ1) is 26.0. The van der Waals surface area contributed by atoms with Gasteiger partial charge in [-0.05, 0) is 75.3 Å². The Balaban J connectivity index is 1.92. The number of aliphatic hydroxyl groups is 1. The van der Waals surface area contributed by atoms with Crippen LogP contribution in [-0.2, 0) is 23.8 Å². The minimum atomic E-state index is -2.64. The lowest BCUT2D eigenvalue weighted by Gasteiger charge is -2.40. The fraction of sp³-hybridized carbons (Fsp3) is 0.622. The first-order valence-electron chi connectivity index (χ1n) is 20.2. The third-order valence-corrected chi connectivity index (χ3v) is 11.6. The number of hydrogen-bond acceptors (Lipinski definition) is 7. The highest BCUT2D eigenvalue weighted by molar-refractivity contribution is 8.15. The van der Waals surface area contributed by atoms with Gasteiger partial charge in [-0.15, -0.1) is 0 Å². The summed E-state index contributed by atoms with van der Waals surface area (Å²) in [5, 5.41) is 11.8. The number of amides is 2. The van der Waals surface area contributed by atoms with Gasteiger partial charge in [0.1, 0.15) is 5.60 Å². The average molecular weight is 786 g/mol. The number of hydrogen-bond donors (Lipinski definition) is 1. The molecule has 7 nitrogen and oxygen atoms in total. The van der Waals surface area contributed by atoms with Gasteiger partial charge >= 0.3 is 5.97 Å². The van der Waals surface area contributed by atoms with Gasteiger partial charge in [-0.1, -0.05) is 132 Å². The molecule has 2 aromatic carbocycles. The van der Waals surface area contributed by atoms with Crippen molar-refractivity contribution >= 4 is 28.9 Å². The molecule has 0 bridgehead atoms. The van der Waals surface area contributed by atoms with Crippen molar-refractivity contribution in [2.75, 3.05) is 13.7 Å². The van der Waals surface area contributed by atoms with Crippen LogP contribution in [-0.4, -0.2) is 64.0 Å². The van der Waals surface area contributed by atoms with Gasteiger partial charge in [0.2, 0.25) is 5.92 Å². The van der Waals surface area contributed by atoms with Crippen LogP contribution >= 0.6 is 11.8 Å². The number of ether oxygens (including phenoxy) is 2. The van der Waals surface area contributed by atoms with Crippen molar-refractivity contribution in [3.05, 3.63) is 83.4 Å². The van der Waals surface area contributed by atoms with Crippen molar-refractivity contribution in [2.24, 2.45) is 5.92 Å². The number of methoxy groups -OCH3 is 1. The molecule has 0 saturated carbocycles. The molecule has 1 N–H and O–H groups in total. The van der Waals surface area contributed by atoms with Crippen molar-refractivity contribution in [1.29, 1.82) is 0 Å². The zero-order chi connectivity index (χ0) is 40.7. The van der Waals surface area contributed by atoms with Crippen LogP contribution in [0.15, 0.2) is 72.3 Å². The molecule has 2 amide bonds. The minimum Gasteiger partial charge on any atom is -0.458 e. The Kier molecular flexibility index (Phi) is 18.1. The quantitative estimate of drug-likeness (QED) is 0.0681. The molecule has 2 aromatic rings. The van der Waals surface area contributed by atoms with Crippen LogP contribution in [0.2, 0.25) is 0 Å². The number of thioether (sulfide) groups is 1. The second kappa shape index (κ2) is 21.4. The Morgan fingerprint density at radius 3 is 1.85 bits per heavy atom. The number of esters is 1. The summed E-state index contributed by atoms with van der Waals surface area (Å²) in [5.74, 6) is -4.63. The lowest BCUT2D eigenvalue weighted by Crippen LogP contribution is -2.54. The van der Waals surface area contributed by atoms with E-state index in [1.54, 1.807) is 26.8 Å². The van der Waals surface area contributed by atoms with Crippen molar-refractivity contribution in [3.8, 4) is 0 Å². The second-order valence-corrected chi connectivity index (χ2v) is 17.4. The van der Waals surface area contributed by atoms with E-state index in [9.17, 15) is 23.5 Å². The molecule has 10 heteroatoms. The molecule has 0 radical (unpaired) electrons. The summed E-state index contributed by atoms with van der Waals surface area (Å²) in [4.78, 5) is 44.6. The number of imide groups is 1. The highest BCUT2D eigenvalue weighted by atomic mass is 32.2. The summed E-state index contributed by atoms with van der Waals surface area (Å²) >= 11 is 1.07. The first-order valence-corrected chi connectivity index (χ1v) is 21.1. The smallest absolute Gasteiger partial charge is 0.343 e. The number of alkyl halides is 2. The lowest BCUT2D eigenvalue weighted by molar-refractivity contribution is -0.176. The fourth-order valence-corrected chi connectivity index (χ4v) is 9.03. The summed E-state index contributed by atoms with van der Waals surface area (Å²) in [6, 6.07) is 18.6. The summed E-state index contributed by atoms with van der Waals surface area (Å²) in [7, 11) is 1.44. The zero-order valence-corrected chi connectivity index (χ0v) is 35.0. The van der Waals surface area contributed by atoms with Crippen LogP contribution in [0.5, 0.6) is 0 Å². The minimum absolute atomic E-state index is 0.0575. The molecule has 1 aliphatic heterocycles. The topological polar surface area (TPSA) is 93.1 Å². The number of unbranched alkanes of at least 4 members (excludes halogenated alkanes) is 9. The van der Waals surface area contributed by atoms with Gasteiger partial charge in [0.05, 0.1) is 16.4 Å². The summed E-state index contributed by atoms with van der Waals surface area (Å²) in [5.41, 5.74) is -1.92. The van der Waals surface area contributed by atoms with Crippen LogP contribution in [0.1, 0.15) is 143 Å². The number of rotatable bonds is 23. The first kappa shape index (κ1) is 46.3. The third-order valence-electron chi connectivity index (χ3n) is 10.2. The molecule has 1 aliphatic rings. The molecule has 0 aliphatic carbocycles. The molecular formula is C45H65F2NO6S. The van der Waals surface area contributed by atoms with E-state index in [0.717, 1.165) is 55.0 Å². The van der Waals surface area contributed by atoms with Crippen molar-refractivity contribution < 1.29 is 37.7 Å². The summed E-state index contributed by atoms with van der Waals surface area (Å²) < 4.78 is 38.9. The molecule has 1 heterocycles. The highest BCUT2D eigenvalue weighted by Gasteiger charge is 2.60. The predicted octanol–water partition coefficient (Wildman–Crippen LogP) is 11.4. The van der Waals surface area contributed by atoms with Crippen molar-refractivity contribution in [1.82, 2.24) is 4.90 Å². The van der Waals surface area contributed by atoms with E-state index in [0.29, 0.717) is 38.5 Å². The molecule has 2 atom stereocenters. The average Bonchev–Trinajstić information content (AvgIpc) is 3.47. The Morgan fingerprint density at radius 1 is 0.855 bits per heavy atom. The van der Waals surface area contributed by atoms with E-state index in [2.05, 4.69) is 6.92 Å². The normalized spacial score (nSPS) is 17.4. The highest BCUT2D eigenvalue weighted by Crippen LogP contribution is 2.56. The number of benzene rings is 2. The Labute approximate surface area is 333 Å².